The third-order valence-electron chi connectivity index (χ3n) is 2.71. The minimum Gasteiger partial charge on any atom is -0.481 e. The van der Waals surface area contributed by atoms with Crippen molar-refractivity contribution in [3.8, 4) is 0 Å². The lowest BCUT2D eigenvalue weighted by Gasteiger charge is -2.13. The lowest BCUT2D eigenvalue weighted by molar-refractivity contribution is -0.141. The molecule has 16 heavy (non-hydrogen) atoms. The number of carboxylic acid groups (broad SMARTS) is 1. The van der Waals surface area contributed by atoms with Gasteiger partial charge < -0.3 is 15.7 Å². The van der Waals surface area contributed by atoms with E-state index in [1.807, 2.05) is 0 Å². The standard InChI is InChI=1S/C10H16N2O4/c1-2-6(10(15)16)4-12-9(14)7-3-8(13)11-5-7/h6-7H,2-5H2,1H3,(H,11,13)(H,12,14)(H,15,16). The van der Waals surface area contributed by atoms with Crippen molar-refractivity contribution in [2.24, 2.45) is 11.8 Å². The monoisotopic (exact) mass is 228 g/mol. The number of carboxylic acids is 1. The second-order valence-corrected chi connectivity index (χ2v) is 3.89. The van der Waals surface area contributed by atoms with E-state index in [0.717, 1.165) is 0 Å². The molecule has 1 saturated heterocycles. The highest BCUT2D eigenvalue weighted by molar-refractivity contribution is 5.89. The maximum atomic E-state index is 11.5. The zero-order valence-electron chi connectivity index (χ0n) is 9.16. The van der Waals surface area contributed by atoms with Gasteiger partial charge in [0.05, 0.1) is 11.8 Å². The van der Waals surface area contributed by atoms with Crippen LogP contribution in [0.15, 0.2) is 0 Å². The molecule has 6 nitrogen and oxygen atoms in total. The first-order valence-corrected chi connectivity index (χ1v) is 5.31. The number of amides is 2. The van der Waals surface area contributed by atoms with Crippen LogP contribution in [-0.4, -0.2) is 36.0 Å². The zero-order chi connectivity index (χ0) is 12.1. The van der Waals surface area contributed by atoms with E-state index in [1.165, 1.54) is 0 Å². The summed E-state index contributed by atoms with van der Waals surface area (Å²) in [7, 11) is 0. The molecule has 6 heteroatoms. The minimum atomic E-state index is -0.913. The predicted molar refractivity (Wildman–Crippen MR) is 55.5 cm³/mol. The van der Waals surface area contributed by atoms with Crippen LogP contribution in [0.4, 0.5) is 0 Å². The Morgan fingerprint density at radius 1 is 1.62 bits per heavy atom. The van der Waals surface area contributed by atoms with E-state index in [1.54, 1.807) is 6.92 Å². The maximum absolute atomic E-state index is 11.5. The van der Waals surface area contributed by atoms with Crippen molar-refractivity contribution in [3.63, 3.8) is 0 Å². The number of aliphatic carboxylic acids is 1. The molecule has 1 fully saturated rings. The molecular weight excluding hydrogens is 212 g/mol. The van der Waals surface area contributed by atoms with Gasteiger partial charge >= 0.3 is 5.97 Å². The molecule has 2 atom stereocenters. The number of carbonyl (C=O) groups is 3. The summed E-state index contributed by atoms with van der Waals surface area (Å²) in [4.78, 5) is 33.1. The van der Waals surface area contributed by atoms with E-state index in [9.17, 15) is 14.4 Å². The molecule has 0 aromatic heterocycles. The van der Waals surface area contributed by atoms with Gasteiger partial charge in [-0.25, -0.2) is 0 Å². The number of rotatable bonds is 5. The summed E-state index contributed by atoms with van der Waals surface area (Å²) in [6, 6.07) is 0. The van der Waals surface area contributed by atoms with Crippen molar-refractivity contribution in [2.75, 3.05) is 13.1 Å². The van der Waals surface area contributed by atoms with E-state index < -0.39 is 11.9 Å². The lowest BCUT2D eigenvalue weighted by Crippen LogP contribution is -2.37. The lowest BCUT2D eigenvalue weighted by atomic mass is 10.1. The van der Waals surface area contributed by atoms with E-state index in [0.29, 0.717) is 13.0 Å². The summed E-state index contributed by atoms with van der Waals surface area (Å²) < 4.78 is 0. The van der Waals surface area contributed by atoms with Gasteiger partial charge in [-0.3, -0.25) is 14.4 Å². The average Bonchev–Trinajstić information content (AvgIpc) is 2.65. The first kappa shape index (κ1) is 12.5. The number of nitrogens with one attached hydrogen (secondary N) is 2. The normalized spacial score (nSPS) is 21.3. The second-order valence-electron chi connectivity index (χ2n) is 3.89. The average molecular weight is 228 g/mol. The molecule has 1 rings (SSSR count). The fourth-order valence-corrected chi connectivity index (χ4v) is 1.56. The Morgan fingerprint density at radius 2 is 2.31 bits per heavy atom. The van der Waals surface area contributed by atoms with Crippen LogP contribution in [0.5, 0.6) is 0 Å². The van der Waals surface area contributed by atoms with Crippen molar-refractivity contribution in [2.45, 2.75) is 19.8 Å². The Morgan fingerprint density at radius 3 is 2.75 bits per heavy atom. The third kappa shape index (κ3) is 3.22. The van der Waals surface area contributed by atoms with Gasteiger partial charge in [-0.2, -0.15) is 0 Å². The first-order chi connectivity index (χ1) is 7.54. The molecule has 0 bridgehead atoms. The molecule has 0 aliphatic carbocycles. The Kier molecular flexibility index (Phi) is 4.28. The Bertz CT molecular complexity index is 303. The van der Waals surface area contributed by atoms with Crippen molar-refractivity contribution >= 4 is 17.8 Å². The van der Waals surface area contributed by atoms with Crippen LogP contribution in [0.2, 0.25) is 0 Å². The van der Waals surface area contributed by atoms with Crippen molar-refractivity contribution in [1.29, 1.82) is 0 Å². The summed E-state index contributed by atoms with van der Waals surface area (Å²) >= 11 is 0. The number of carbonyl (C=O) groups excluding carboxylic acids is 2. The summed E-state index contributed by atoms with van der Waals surface area (Å²) in [5, 5.41) is 13.9. The van der Waals surface area contributed by atoms with E-state index in [4.69, 9.17) is 5.11 Å². The fraction of sp³-hybridized carbons (Fsp3) is 0.700. The Balaban J connectivity index is 2.34. The molecule has 1 aliphatic rings. The third-order valence-corrected chi connectivity index (χ3v) is 2.71. The van der Waals surface area contributed by atoms with Crippen LogP contribution < -0.4 is 10.6 Å². The quantitative estimate of drug-likeness (QED) is 0.582. The van der Waals surface area contributed by atoms with Gasteiger partial charge in [0.25, 0.3) is 0 Å². The second kappa shape index (κ2) is 5.48. The molecule has 90 valence electrons. The molecule has 2 amide bonds. The SMILES string of the molecule is CCC(CNC(=O)C1CNC(=O)C1)C(=O)O. The summed E-state index contributed by atoms with van der Waals surface area (Å²) in [5.41, 5.74) is 0. The fourth-order valence-electron chi connectivity index (χ4n) is 1.56. The van der Waals surface area contributed by atoms with Crippen LogP contribution >= 0.6 is 0 Å². The van der Waals surface area contributed by atoms with Gasteiger partial charge in [0, 0.05) is 19.5 Å². The van der Waals surface area contributed by atoms with Gasteiger partial charge in [-0.05, 0) is 6.42 Å². The molecular formula is C10H16N2O4. The molecule has 0 radical (unpaired) electrons. The first-order valence-electron chi connectivity index (χ1n) is 5.31. The molecule has 2 unspecified atom stereocenters. The molecule has 3 N–H and O–H groups in total. The predicted octanol–water partition coefficient (Wildman–Crippen LogP) is -0.650. The topological polar surface area (TPSA) is 95.5 Å². The highest BCUT2D eigenvalue weighted by atomic mass is 16.4. The van der Waals surface area contributed by atoms with Crippen LogP contribution in [0, 0.1) is 11.8 Å². The van der Waals surface area contributed by atoms with Gasteiger partial charge in [0.2, 0.25) is 11.8 Å². The maximum Gasteiger partial charge on any atom is 0.308 e. The van der Waals surface area contributed by atoms with E-state index in [-0.39, 0.29) is 30.7 Å². The van der Waals surface area contributed by atoms with Crippen molar-refractivity contribution in [3.05, 3.63) is 0 Å². The van der Waals surface area contributed by atoms with E-state index in [2.05, 4.69) is 10.6 Å². The largest absolute Gasteiger partial charge is 0.481 e. The molecule has 0 saturated carbocycles. The number of hydrogen-bond acceptors (Lipinski definition) is 3. The van der Waals surface area contributed by atoms with Crippen molar-refractivity contribution < 1.29 is 19.5 Å². The molecule has 0 spiro atoms. The van der Waals surface area contributed by atoms with Gasteiger partial charge in [-0.15, -0.1) is 0 Å². The highest BCUT2D eigenvalue weighted by Crippen LogP contribution is 2.09. The van der Waals surface area contributed by atoms with Crippen LogP contribution in [0.1, 0.15) is 19.8 Å². The van der Waals surface area contributed by atoms with Gasteiger partial charge in [0.1, 0.15) is 0 Å². The Labute approximate surface area is 93.4 Å². The van der Waals surface area contributed by atoms with Crippen LogP contribution in [-0.2, 0) is 14.4 Å². The molecule has 0 aromatic rings. The molecule has 1 aliphatic heterocycles. The van der Waals surface area contributed by atoms with Crippen LogP contribution in [0.25, 0.3) is 0 Å². The molecule has 1 heterocycles. The Hall–Kier alpha value is -1.59. The summed E-state index contributed by atoms with van der Waals surface area (Å²) in [5.74, 6) is -2.22. The van der Waals surface area contributed by atoms with Crippen molar-refractivity contribution in [1.82, 2.24) is 10.6 Å². The smallest absolute Gasteiger partial charge is 0.308 e. The zero-order valence-corrected chi connectivity index (χ0v) is 9.16. The van der Waals surface area contributed by atoms with Crippen LogP contribution in [0.3, 0.4) is 0 Å². The minimum absolute atomic E-state index is 0.120. The van der Waals surface area contributed by atoms with Gasteiger partial charge in [-0.1, -0.05) is 6.92 Å². The summed E-state index contributed by atoms with van der Waals surface area (Å²) in [6.45, 7) is 2.22. The highest BCUT2D eigenvalue weighted by Gasteiger charge is 2.28. The van der Waals surface area contributed by atoms with Gasteiger partial charge in [0.15, 0.2) is 0 Å². The number of hydrogen-bond donors (Lipinski definition) is 3. The summed E-state index contributed by atoms with van der Waals surface area (Å²) in [6.07, 6.45) is 0.660. The van der Waals surface area contributed by atoms with E-state index >= 15 is 0 Å². The molecule has 0 aromatic carbocycles.